The summed E-state index contributed by atoms with van der Waals surface area (Å²) in [6, 6.07) is 8.44. The summed E-state index contributed by atoms with van der Waals surface area (Å²) in [6.07, 6.45) is -0.921. The third kappa shape index (κ3) is 3.30. The van der Waals surface area contributed by atoms with Crippen molar-refractivity contribution in [3.63, 3.8) is 0 Å². The number of rotatable bonds is 3. The molecule has 7 nitrogen and oxygen atoms in total. The molecule has 5 heterocycles. The van der Waals surface area contributed by atoms with Gasteiger partial charge in [-0.3, -0.25) is 0 Å². The Morgan fingerprint density at radius 1 is 1.12 bits per heavy atom. The lowest BCUT2D eigenvalue weighted by Crippen LogP contribution is -2.35. The highest BCUT2D eigenvalue weighted by molar-refractivity contribution is 5.88. The average molecular weight is 444 g/mol. The zero-order valence-electron chi connectivity index (χ0n) is 16.7. The predicted molar refractivity (Wildman–Crippen MR) is 108 cm³/mol. The van der Waals surface area contributed by atoms with Gasteiger partial charge in [0.2, 0.25) is 0 Å². The van der Waals surface area contributed by atoms with E-state index in [0.717, 1.165) is 23.0 Å². The maximum absolute atomic E-state index is 13.3. The van der Waals surface area contributed by atoms with Gasteiger partial charge in [-0.25, -0.2) is 9.97 Å². The van der Waals surface area contributed by atoms with Gasteiger partial charge in [0, 0.05) is 17.9 Å². The first-order valence-corrected chi connectivity index (χ1v) is 10.3. The quantitative estimate of drug-likeness (QED) is 0.589. The van der Waals surface area contributed by atoms with Crippen LogP contribution in [0, 0.1) is 5.92 Å². The van der Waals surface area contributed by atoms with Crippen LogP contribution in [0.5, 0.6) is 5.75 Å². The van der Waals surface area contributed by atoms with Gasteiger partial charge < -0.3 is 24.5 Å². The minimum atomic E-state index is -4.50. The number of aromatic amines is 1. The van der Waals surface area contributed by atoms with Gasteiger partial charge >= 0.3 is 6.18 Å². The number of anilines is 1. The molecule has 0 amide bonds. The molecule has 1 saturated heterocycles. The third-order valence-corrected chi connectivity index (χ3v) is 6.15. The number of alkyl halides is 3. The number of nitrogens with zero attached hydrogens (tertiary/aromatic N) is 2. The number of para-hydroxylation sites is 1. The molecule has 6 rings (SSSR count). The van der Waals surface area contributed by atoms with Gasteiger partial charge in [-0.1, -0.05) is 29.8 Å². The van der Waals surface area contributed by atoms with Crippen molar-refractivity contribution in [1.82, 2.24) is 15.0 Å². The van der Waals surface area contributed by atoms with E-state index in [1.54, 1.807) is 0 Å². The Labute approximate surface area is 180 Å². The van der Waals surface area contributed by atoms with Gasteiger partial charge in [-0.2, -0.15) is 13.2 Å². The largest absolute Gasteiger partial charge is 0.493 e. The molecule has 0 aliphatic carbocycles. The van der Waals surface area contributed by atoms with Gasteiger partial charge in [0.05, 0.1) is 24.6 Å². The zero-order chi connectivity index (χ0) is 21.9. The molecule has 0 saturated carbocycles. The molecule has 32 heavy (non-hydrogen) atoms. The normalized spacial score (nSPS) is 27.0. The topological polar surface area (TPSA) is 81.3 Å². The fourth-order valence-electron chi connectivity index (χ4n) is 4.66. The lowest BCUT2D eigenvalue weighted by molar-refractivity contribution is -0.140. The highest BCUT2D eigenvalue weighted by Crippen LogP contribution is 2.44. The molecule has 0 spiro atoms. The molecule has 3 aromatic rings. The maximum Gasteiger partial charge on any atom is 0.431 e. The van der Waals surface area contributed by atoms with Crippen molar-refractivity contribution in [2.45, 2.75) is 31.0 Å². The number of fused-ring (bicyclic) bond motifs is 4. The Hall–Kier alpha value is -3.11. The Kier molecular flexibility index (Phi) is 4.41. The molecule has 2 N–H and O–H groups in total. The number of benzene rings is 1. The second-order valence-corrected chi connectivity index (χ2v) is 8.13. The van der Waals surface area contributed by atoms with Crippen LogP contribution in [0.3, 0.4) is 0 Å². The molecule has 0 unspecified atom stereocenters. The highest BCUT2D eigenvalue weighted by atomic mass is 19.4. The molecule has 166 valence electrons. The van der Waals surface area contributed by atoms with E-state index in [1.165, 1.54) is 6.33 Å². The second kappa shape index (κ2) is 7.21. The van der Waals surface area contributed by atoms with Crippen LogP contribution in [-0.4, -0.2) is 40.6 Å². The highest BCUT2D eigenvalue weighted by Gasteiger charge is 2.40. The van der Waals surface area contributed by atoms with E-state index in [9.17, 15) is 13.2 Å². The summed E-state index contributed by atoms with van der Waals surface area (Å²) in [6.45, 7) is 0.946. The molecule has 2 aromatic heterocycles. The average Bonchev–Trinajstić information content (AvgIpc) is 3.37. The Morgan fingerprint density at radius 2 is 2.00 bits per heavy atom. The van der Waals surface area contributed by atoms with Gasteiger partial charge in [-0.05, 0) is 12.1 Å². The monoisotopic (exact) mass is 444 g/mol. The summed E-state index contributed by atoms with van der Waals surface area (Å²) in [7, 11) is 0. The Balaban J connectivity index is 1.41. The smallest absolute Gasteiger partial charge is 0.431 e. The lowest BCUT2D eigenvalue weighted by atomic mass is 9.82. The first-order valence-electron chi connectivity index (χ1n) is 10.3. The van der Waals surface area contributed by atoms with Crippen molar-refractivity contribution in [2.75, 3.05) is 18.5 Å². The summed E-state index contributed by atoms with van der Waals surface area (Å²) in [5, 5.41) is 3.69. The number of nitrogens with one attached hydrogen (secondary N) is 2. The molecule has 3 aliphatic rings. The van der Waals surface area contributed by atoms with Crippen LogP contribution < -0.4 is 10.1 Å². The van der Waals surface area contributed by atoms with Gasteiger partial charge in [0.25, 0.3) is 0 Å². The first kappa shape index (κ1) is 19.6. The van der Waals surface area contributed by atoms with Crippen LogP contribution in [0.1, 0.15) is 23.7 Å². The summed E-state index contributed by atoms with van der Waals surface area (Å²) in [5.74, 6) is 1.01. The summed E-state index contributed by atoms with van der Waals surface area (Å²) in [5.41, 5.74) is 1.33. The van der Waals surface area contributed by atoms with Crippen molar-refractivity contribution >= 4 is 16.9 Å². The van der Waals surface area contributed by atoms with Crippen LogP contribution in [-0.2, 0) is 15.7 Å². The lowest BCUT2D eigenvalue weighted by Gasteiger charge is -2.37. The zero-order valence-corrected chi connectivity index (χ0v) is 16.7. The summed E-state index contributed by atoms with van der Waals surface area (Å²) >= 11 is 0. The van der Waals surface area contributed by atoms with Crippen LogP contribution in [0.2, 0.25) is 0 Å². The van der Waals surface area contributed by atoms with Crippen molar-refractivity contribution in [3.05, 3.63) is 59.6 Å². The van der Waals surface area contributed by atoms with Crippen LogP contribution in [0.4, 0.5) is 19.0 Å². The number of hydrogen-bond donors (Lipinski definition) is 2. The molecular formula is C22H19F3N4O3. The summed E-state index contributed by atoms with van der Waals surface area (Å²) in [4.78, 5) is 10.6. The molecule has 3 aliphatic heterocycles. The molecule has 2 bridgehead atoms. The number of ether oxygens (including phenoxy) is 3. The molecule has 1 aromatic carbocycles. The van der Waals surface area contributed by atoms with Crippen molar-refractivity contribution in [1.29, 1.82) is 0 Å². The van der Waals surface area contributed by atoms with E-state index >= 15 is 0 Å². The molecule has 0 radical (unpaired) electrons. The number of hydrogen-bond acceptors (Lipinski definition) is 6. The van der Waals surface area contributed by atoms with Crippen molar-refractivity contribution in [2.24, 2.45) is 5.92 Å². The Morgan fingerprint density at radius 3 is 2.84 bits per heavy atom. The predicted octanol–water partition coefficient (Wildman–Crippen LogP) is 4.21. The van der Waals surface area contributed by atoms with Crippen LogP contribution in [0.15, 0.2) is 48.3 Å². The maximum atomic E-state index is 13.3. The van der Waals surface area contributed by atoms with Crippen molar-refractivity contribution in [3.8, 4) is 5.75 Å². The van der Waals surface area contributed by atoms with E-state index in [4.69, 9.17) is 14.2 Å². The fourth-order valence-corrected chi connectivity index (χ4v) is 4.66. The Bertz CT molecular complexity index is 1210. The minimum Gasteiger partial charge on any atom is -0.493 e. The van der Waals surface area contributed by atoms with E-state index in [1.807, 2.05) is 24.3 Å². The second-order valence-electron chi connectivity index (χ2n) is 8.13. The van der Waals surface area contributed by atoms with E-state index in [-0.39, 0.29) is 35.4 Å². The number of halogens is 3. The minimum absolute atomic E-state index is 0.0634. The molecule has 10 heteroatoms. The molecular weight excluding hydrogens is 425 g/mol. The van der Waals surface area contributed by atoms with Crippen LogP contribution >= 0.6 is 0 Å². The molecule has 4 atom stereocenters. The van der Waals surface area contributed by atoms with E-state index in [0.29, 0.717) is 25.5 Å². The summed E-state index contributed by atoms with van der Waals surface area (Å²) < 4.78 is 57.2. The van der Waals surface area contributed by atoms with Gasteiger partial charge in [0.15, 0.2) is 6.29 Å². The number of aromatic nitrogens is 3. The number of H-pyrrole nitrogens is 1. The van der Waals surface area contributed by atoms with Gasteiger partial charge in [-0.15, -0.1) is 0 Å². The third-order valence-electron chi connectivity index (χ3n) is 6.15. The fraction of sp³-hybridized carbons (Fsp3) is 0.364. The standard InChI is InChI=1S/C22H19F3N4O3/c23-22(24,25)17-7-14-20(28-17)26-10-27-21(14)29-19-13-3-1-2-4-16(13)30-9-15(19)11-5-12-8-31-18(6-11)32-12/h1-5,7,10,12,15,18-19H,6,8-9H2,(H2,26,27,28,29)/t12-,15-,18+,19+/m1/s1. The van der Waals surface area contributed by atoms with Crippen LogP contribution in [0.25, 0.3) is 11.0 Å². The van der Waals surface area contributed by atoms with E-state index < -0.39 is 11.9 Å². The van der Waals surface area contributed by atoms with E-state index in [2.05, 4.69) is 26.3 Å². The SMILES string of the molecule is FC(F)(F)c1cc2c(N[C@H]3c4ccccc4OC[C@@H]3C3=C[C@@H]4CO[C@H](C3)O4)ncnc2[nH]1. The molecule has 1 fully saturated rings. The van der Waals surface area contributed by atoms with Gasteiger partial charge in [0.1, 0.15) is 35.3 Å². The first-order chi connectivity index (χ1) is 15.5. The van der Waals surface area contributed by atoms with Crippen molar-refractivity contribution < 1.29 is 27.4 Å².